The maximum absolute atomic E-state index is 13.2. The summed E-state index contributed by atoms with van der Waals surface area (Å²) in [6, 6.07) is 15.3. The molecule has 1 fully saturated rings. The number of anilines is 2. The van der Waals surface area contributed by atoms with Gasteiger partial charge >= 0.3 is 5.97 Å². The molecule has 0 saturated heterocycles. The quantitative estimate of drug-likeness (QED) is 0.0890. The Balaban J connectivity index is 0.00000461. The lowest BCUT2D eigenvalue weighted by Gasteiger charge is -2.18. The molecule has 1 aliphatic carbocycles. The van der Waals surface area contributed by atoms with Gasteiger partial charge in [-0.2, -0.15) is 0 Å². The van der Waals surface area contributed by atoms with Crippen LogP contribution in [0.2, 0.25) is 5.02 Å². The summed E-state index contributed by atoms with van der Waals surface area (Å²) in [5.74, 6) is -0.695. The average molecular weight is 639 g/mol. The van der Waals surface area contributed by atoms with Crippen LogP contribution in [0.25, 0.3) is 10.9 Å². The van der Waals surface area contributed by atoms with E-state index in [1.807, 2.05) is 0 Å². The minimum Gasteiger partial charge on any atom is -0.493 e. The number of pyridine rings is 1. The number of benzene rings is 3. The molecule has 2 amide bonds. The topological polar surface area (TPSA) is 171 Å². The van der Waals surface area contributed by atoms with Crippen molar-refractivity contribution in [3.8, 4) is 23.0 Å². The summed E-state index contributed by atoms with van der Waals surface area (Å²) in [5.41, 5.74) is -0.0426. The summed E-state index contributed by atoms with van der Waals surface area (Å²) in [4.78, 5) is 41.3. The number of nitrogens with zero attached hydrogens (tertiary/aromatic N) is 1. The number of aromatic nitrogens is 1. The lowest BCUT2D eigenvalue weighted by atomic mass is 10.0. The van der Waals surface area contributed by atoms with E-state index in [0.717, 1.165) is 0 Å². The molecular weight excluding hydrogens is 607 g/mol. The van der Waals surface area contributed by atoms with Gasteiger partial charge in [0.15, 0.2) is 11.5 Å². The highest BCUT2D eigenvalue weighted by atomic mass is 35.5. The predicted molar refractivity (Wildman–Crippen MR) is 167 cm³/mol. The number of hydrogen-bond donors (Lipinski definition) is 4. The number of rotatable bonds is 13. The van der Waals surface area contributed by atoms with E-state index >= 15 is 0 Å². The maximum atomic E-state index is 13.2. The highest BCUT2D eigenvalue weighted by Crippen LogP contribution is 2.48. The SMILES string of the molecule is COc1cc2c(Oc3cccc(NC(=O)C4(C(=O)Nc5ccc(F)cc5)CC4)c3Cl)ccnc2cc1OCCCCC(=O)O.N. The highest BCUT2D eigenvalue weighted by molar-refractivity contribution is 6.35. The van der Waals surface area contributed by atoms with E-state index in [2.05, 4.69) is 15.6 Å². The van der Waals surface area contributed by atoms with Crippen LogP contribution in [0.4, 0.5) is 15.8 Å². The first-order valence-electron chi connectivity index (χ1n) is 13.9. The summed E-state index contributed by atoms with van der Waals surface area (Å²) in [6.45, 7) is 0.314. The smallest absolute Gasteiger partial charge is 0.303 e. The van der Waals surface area contributed by atoms with Crippen LogP contribution in [0, 0.1) is 11.2 Å². The molecule has 1 aliphatic rings. The normalized spacial score (nSPS) is 12.9. The number of fused-ring (bicyclic) bond motifs is 1. The van der Waals surface area contributed by atoms with Gasteiger partial charge in [-0.05, 0) is 74.2 Å². The summed E-state index contributed by atoms with van der Waals surface area (Å²) in [7, 11) is 1.50. The van der Waals surface area contributed by atoms with E-state index in [1.54, 1.807) is 42.6 Å². The van der Waals surface area contributed by atoms with Gasteiger partial charge in [-0.1, -0.05) is 17.7 Å². The van der Waals surface area contributed by atoms with Crippen LogP contribution in [-0.2, 0) is 14.4 Å². The van der Waals surface area contributed by atoms with Gasteiger partial charge in [-0.25, -0.2) is 4.39 Å². The second kappa shape index (κ2) is 14.2. The minimum absolute atomic E-state index is 0. The van der Waals surface area contributed by atoms with E-state index in [4.69, 9.17) is 30.9 Å². The van der Waals surface area contributed by atoms with Gasteiger partial charge in [0.25, 0.3) is 0 Å². The maximum Gasteiger partial charge on any atom is 0.303 e. The fraction of sp³-hybridized carbons (Fsp3) is 0.250. The van der Waals surface area contributed by atoms with Gasteiger partial charge in [-0.15, -0.1) is 0 Å². The van der Waals surface area contributed by atoms with Gasteiger partial charge in [-0.3, -0.25) is 19.4 Å². The van der Waals surface area contributed by atoms with Crippen molar-refractivity contribution in [1.29, 1.82) is 0 Å². The zero-order chi connectivity index (χ0) is 31.3. The number of methoxy groups -OCH3 is 1. The van der Waals surface area contributed by atoms with Crippen molar-refractivity contribution in [1.82, 2.24) is 11.1 Å². The molecule has 1 heterocycles. The van der Waals surface area contributed by atoms with Crippen molar-refractivity contribution in [3.05, 3.63) is 77.7 Å². The molecule has 0 atom stereocenters. The Labute approximate surface area is 263 Å². The summed E-state index contributed by atoms with van der Waals surface area (Å²) >= 11 is 6.66. The van der Waals surface area contributed by atoms with Crippen LogP contribution in [-0.4, -0.2) is 41.6 Å². The van der Waals surface area contributed by atoms with E-state index in [9.17, 15) is 18.8 Å². The van der Waals surface area contributed by atoms with E-state index < -0.39 is 29.0 Å². The molecule has 1 aromatic heterocycles. The monoisotopic (exact) mass is 638 g/mol. The summed E-state index contributed by atoms with van der Waals surface area (Å²) in [5, 5.41) is 15.0. The zero-order valence-electron chi connectivity index (χ0n) is 24.4. The Morgan fingerprint density at radius 1 is 0.956 bits per heavy atom. The van der Waals surface area contributed by atoms with E-state index in [-0.39, 0.29) is 29.0 Å². The molecule has 0 aliphatic heterocycles. The molecule has 5 rings (SSSR count). The van der Waals surface area contributed by atoms with Crippen LogP contribution in [0.3, 0.4) is 0 Å². The first-order valence-corrected chi connectivity index (χ1v) is 14.2. The Kier molecular flexibility index (Phi) is 10.4. The number of carboxylic acid groups (broad SMARTS) is 1. The van der Waals surface area contributed by atoms with Crippen LogP contribution >= 0.6 is 11.6 Å². The highest BCUT2D eigenvalue weighted by Gasteiger charge is 2.56. The molecular formula is C32H32ClFN4O7. The van der Waals surface area contributed by atoms with Gasteiger partial charge in [0.1, 0.15) is 27.8 Å². The van der Waals surface area contributed by atoms with E-state index in [1.165, 1.54) is 31.4 Å². The van der Waals surface area contributed by atoms with Crippen molar-refractivity contribution in [2.75, 3.05) is 24.4 Å². The number of carboxylic acids is 1. The number of carbonyl (C=O) groups is 3. The largest absolute Gasteiger partial charge is 0.493 e. The van der Waals surface area contributed by atoms with Crippen molar-refractivity contribution < 1.29 is 38.1 Å². The molecule has 45 heavy (non-hydrogen) atoms. The molecule has 0 radical (unpaired) electrons. The van der Waals surface area contributed by atoms with Crippen LogP contribution in [0.5, 0.6) is 23.0 Å². The standard InChI is InChI=1S/C32H29ClFN3O7.H3N/c1-42-26-17-21-23(18-27(26)43-16-3-2-7-28(38)39)35-15-12-24(21)44-25-6-4-5-22(29(25)33)37-31(41)32(13-14-32)30(40)36-20-10-8-19(34)9-11-20;/h4-6,8-12,15,17-18H,2-3,7,13-14,16H2,1H3,(H,36,40)(H,37,41)(H,38,39);1H3. The van der Waals surface area contributed by atoms with Gasteiger partial charge < -0.3 is 36.1 Å². The zero-order valence-corrected chi connectivity index (χ0v) is 25.2. The third kappa shape index (κ3) is 7.59. The number of halogens is 2. The van der Waals surface area contributed by atoms with Crippen molar-refractivity contribution >= 4 is 51.7 Å². The number of amides is 2. The molecule has 11 nitrogen and oxygen atoms in total. The molecule has 13 heteroatoms. The second-order valence-electron chi connectivity index (χ2n) is 10.2. The minimum atomic E-state index is -1.26. The number of carbonyl (C=O) groups excluding carboxylic acids is 2. The van der Waals surface area contributed by atoms with Gasteiger partial charge in [0.2, 0.25) is 11.8 Å². The molecule has 0 unspecified atom stereocenters. The third-order valence-electron chi connectivity index (χ3n) is 7.18. The first-order chi connectivity index (χ1) is 21.2. The predicted octanol–water partition coefficient (Wildman–Crippen LogP) is 6.98. The molecule has 0 bridgehead atoms. The van der Waals surface area contributed by atoms with Gasteiger partial charge in [0, 0.05) is 29.8 Å². The molecule has 6 N–H and O–H groups in total. The second-order valence-corrected chi connectivity index (χ2v) is 10.6. The van der Waals surface area contributed by atoms with E-state index in [0.29, 0.717) is 66.1 Å². The summed E-state index contributed by atoms with van der Waals surface area (Å²) in [6.07, 6.45) is 3.41. The Morgan fingerprint density at radius 2 is 1.69 bits per heavy atom. The fourth-order valence-electron chi connectivity index (χ4n) is 4.56. The number of aliphatic carboxylic acids is 1. The number of hydrogen-bond acceptors (Lipinski definition) is 8. The number of unbranched alkanes of at least 4 members (excludes halogenated alkanes) is 1. The van der Waals surface area contributed by atoms with Crippen LogP contribution < -0.4 is 31.0 Å². The molecule has 1 saturated carbocycles. The molecule has 0 spiro atoms. The number of nitrogens with one attached hydrogen (secondary N) is 2. The fourth-order valence-corrected chi connectivity index (χ4v) is 4.77. The first kappa shape index (κ1) is 33.0. The number of ether oxygens (including phenoxy) is 3. The Bertz CT molecular complexity index is 1710. The third-order valence-corrected chi connectivity index (χ3v) is 7.57. The van der Waals surface area contributed by atoms with Crippen LogP contribution in [0.1, 0.15) is 32.1 Å². The van der Waals surface area contributed by atoms with Crippen molar-refractivity contribution in [2.45, 2.75) is 32.1 Å². The lowest BCUT2D eigenvalue weighted by Crippen LogP contribution is -2.35. The molecule has 236 valence electrons. The molecule has 3 aromatic carbocycles. The van der Waals surface area contributed by atoms with Gasteiger partial charge in [0.05, 0.1) is 24.9 Å². The van der Waals surface area contributed by atoms with Crippen molar-refractivity contribution in [3.63, 3.8) is 0 Å². The average Bonchev–Trinajstić information content (AvgIpc) is 3.82. The molecule has 4 aromatic rings. The Hall–Kier alpha value is -4.94. The Morgan fingerprint density at radius 3 is 2.38 bits per heavy atom. The van der Waals surface area contributed by atoms with Crippen molar-refractivity contribution in [2.24, 2.45) is 5.41 Å². The lowest BCUT2D eigenvalue weighted by molar-refractivity contribution is -0.137. The summed E-state index contributed by atoms with van der Waals surface area (Å²) < 4.78 is 30.7. The van der Waals surface area contributed by atoms with Crippen LogP contribution in [0.15, 0.2) is 66.9 Å².